The van der Waals surface area contributed by atoms with Gasteiger partial charge in [0.05, 0.1) is 0 Å². The first kappa shape index (κ1) is 16.0. The number of alkyl halides is 2. The molecule has 2 aromatic rings. The number of halogens is 2. The Morgan fingerprint density at radius 3 is 2.12 bits per heavy atom. The molecule has 0 aromatic heterocycles. The van der Waals surface area contributed by atoms with Crippen molar-refractivity contribution in [2.24, 2.45) is 5.92 Å². The Kier molecular flexibility index (Phi) is 4.06. The maximum Gasteiger partial charge on any atom is 0.305 e. The molecule has 24 heavy (non-hydrogen) atoms. The lowest BCUT2D eigenvalue weighted by Crippen LogP contribution is -2.12. The summed E-state index contributed by atoms with van der Waals surface area (Å²) in [5.41, 5.74) is 4.94. The van der Waals surface area contributed by atoms with Crippen molar-refractivity contribution in [3.63, 3.8) is 0 Å². The molecule has 0 spiro atoms. The lowest BCUT2D eigenvalue weighted by Gasteiger charge is -2.14. The van der Waals surface area contributed by atoms with Gasteiger partial charge in [0, 0.05) is 12.3 Å². The van der Waals surface area contributed by atoms with Crippen molar-refractivity contribution >= 4 is 29.2 Å². The quantitative estimate of drug-likeness (QED) is 0.532. The SMILES string of the molecule is O=C(CC[C@@H]1CC1(Cl)Cl)OCC1c2ccccc2-c2ccccc21. The molecule has 0 heterocycles. The molecule has 0 saturated heterocycles. The van der Waals surface area contributed by atoms with Gasteiger partial charge in [-0.1, -0.05) is 48.5 Å². The van der Waals surface area contributed by atoms with Crippen molar-refractivity contribution in [3.05, 3.63) is 59.7 Å². The number of esters is 1. The first-order valence-electron chi connectivity index (χ1n) is 8.28. The maximum atomic E-state index is 12.1. The van der Waals surface area contributed by atoms with Crippen LogP contribution in [0.1, 0.15) is 36.3 Å². The molecule has 2 aliphatic rings. The van der Waals surface area contributed by atoms with Crippen LogP contribution in [0.4, 0.5) is 0 Å². The van der Waals surface area contributed by atoms with Gasteiger partial charge in [-0.3, -0.25) is 4.79 Å². The summed E-state index contributed by atoms with van der Waals surface area (Å²) in [6.07, 6.45) is 1.85. The summed E-state index contributed by atoms with van der Waals surface area (Å²) >= 11 is 12.0. The molecule has 1 atom stereocenters. The highest BCUT2D eigenvalue weighted by atomic mass is 35.5. The van der Waals surface area contributed by atoms with Crippen LogP contribution in [0.3, 0.4) is 0 Å². The second-order valence-corrected chi connectivity index (χ2v) is 8.15. The number of hydrogen-bond acceptors (Lipinski definition) is 2. The van der Waals surface area contributed by atoms with Crippen LogP contribution in [0.15, 0.2) is 48.5 Å². The fourth-order valence-corrected chi connectivity index (χ4v) is 4.15. The Bertz CT molecular complexity index is 739. The van der Waals surface area contributed by atoms with E-state index < -0.39 is 4.33 Å². The molecule has 0 amide bonds. The molecule has 2 nitrogen and oxygen atoms in total. The highest BCUT2D eigenvalue weighted by Crippen LogP contribution is 2.55. The minimum atomic E-state index is -0.621. The lowest BCUT2D eigenvalue weighted by molar-refractivity contribution is -0.144. The zero-order chi connectivity index (χ0) is 16.7. The summed E-state index contributed by atoms with van der Waals surface area (Å²) in [7, 11) is 0. The fraction of sp³-hybridized carbons (Fsp3) is 0.350. The normalized spacial score (nSPS) is 20.3. The second-order valence-electron chi connectivity index (χ2n) is 6.61. The molecule has 4 rings (SSSR count). The van der Waals surface area contributed by atoms with E-state index in [0.717, 1.165) is 6.42 Å². The standard InChI is InChI=1S/C20H18Cl2O2/c21-20(22)11-13(20)9-10-19(23)24-12-18-16-7-3-1-5-14(16)15-6-2-4-8-17(15)18/h1-8,13,18H,9-12H2/t13-/m1/s1. The number of rotatable bonds is 5. The summed E-state index contributed by atoms with van der Waals surface area (Å²) < 4.78 is 4.94. The summed E-state index contributed by atoms with van der Waals surface area (Å²) in [6.45, 7) is 0.379. The van der Waals surface area contributed by atoms with Crippen LogP contribution >= 0.6 is 23.2 Å². The predicted octanol–water partition coefficient (Wildman–Crippen LogP) is 5.32. The fourth-order valence-electron chi connectivity index (χ4n) is 3.56. The first-order valence-corrected chi connectivity index (χ1v) is 9.03. The van der Waals surface area contributed by atoms with Crippen molar-refractivity contribution in [1.29, 1.82) is 0 Å². The molecule has 0 radical (unpaired) electrons. The maximum absolute atomic E-state index is 12.1. The molecule has 2 aliphatic carbocycles. The van der Waals surface area contributed by atoms with Crippen LogP contribution in [-0.4, -0.2) is 16.9 Å². The average Bonchev–Trinajstić information content (AvgIpc) is 3.08. The third kappa shape index (κ3) is 2.94. The highest BCUT2D eigenvalue weighted by molar-refractivity contribution is 6.50. The van der Waals surface area contributed by atoms with Crippen LogP contribution in [0, 0.1) is 5.92 Å². The van der Waals surface area contributed by atoms with Gasteiger partial charge in [0.2, 0.25) is 0 Å². The van der Waals surface area contributed by atoms with Gasteiger partial charge in [0.25, 0.3) is 0 Å². The summed E-state index contributed by atoms with van der Waals surface area (Å²) in [5.74, 6) is 0.164. The van der Waals surface area contributed by atoms with E-state index in [-0.39, 0.29) is 17.8 Å². The van der Waals surface area contributed by atoms with E-state index in [4.69, 9.17) is 27.9 Å². The van der Waals surface area contributed by atoms with Gasteiger partial charge in [0.15, 0.2) is 0 Å². The monoisotopic (exact) mass is 360 g/mol. The van der Waals surface area contributed by atoms with Gasteiger partial charge >= 0.3 is 5.97 Å². The van der Waals surface area contributed by atoms with Crippen molar-refractivity contribution < 1.29 is 9.53 Å². The Morgan fingerprint density at radius 2 is 1.58 bits per heavy atom. The number of carbonyl (C=O) groups is 1. The average molecular weight is 361 g/mol. The van der Waals surface area contributed by atoms with E-state index in [0.29, 0.717) is 19.4 Å². The molecular formula is C20H18Cl2O2. The van der Waals surface area contributed by atoms with Crippen molar-refractivity contribution in [3.8, 4) is 11.1 Å². The number of ether oxygens (including phenoxy) is 1. The summed E-state index contributed by atoms with van der Waals surface area (Å²) in [6, 6.07) is 16.7. The molecule has 0 unspecified atom stereocenters. The van der Waals surface area contributed by atoms with Gasteiger partial charge in [0.1, 0.15) is 10.9 Å². The van der Waals surface area contributed by atoms with Crippen LogP contribution in [-0.2, 0) is 9.53 Å². The largest absolute Gasteiger partial charge is 0.465 e. The van der Waals surface area contributed by atoms with Crippen molar-refractivity contribution in [2.75, 3.05) is 6.61 Å². The van der Waals surface area contributed by atoms with Crippen LogP contribution in [0.2, 0.25) is 0 Å². The molecule has 124 valence electrons. The zero-order valence-corrected chi connectivity index (χ0v) is 14.7. The first-order chi connectivity index (χ1) is 11.6. The Hall–Kier alpha value is -1.51. The van der Waals surface area contributed by atoms with Crippen molar-refractivity contribution in [2.45, 2.75) is 29.5 Å². The molecule has 1 saturated carbocycles. The number of hydrogen-bond donors (Lipinski definition) is 0. The summed E-state index contributed by atoms with van der Waals surface area (Å²) in [4.78, 5) is 12.1. The van der Waals surface area contributed by atoms with Crippen LogP contribution < -0.4 is 0 Å². The predicted molar refractivity (Wildman–Crippen MR) is 96.5 cm³/mol. The van der Waals surface area contributed by atoms with Gasteiger partial charge in [-0.25, -0.2) is 0 Å². The van der Waals surface area contributed by atoms with Crippen LogP contribution in [0.5, 0.6) is 0 Å². The van der Waals surface area contributed by atoms with Gasteiger partial charge in [-0.05, 0) is 41.0 Å². The molecule has 4 heteroatoms. The molecule has 2 aromatic carbocycles. The second kappa shape index (κ2) is 6.09. The smallest absolute Gasteiger partial charge is 0.305 e. The molecule has 1 fully saturated rings. The highest BCUT2D eigenvalue weighted by Gasteiger charge is 2.51. The molecule has 0 bridgehead atoms. The number of fused-ring (bicyclic) bond motifs is 3. The Labute approximate surface area is 151 Å². The van der Waals surface area contributed by atoms with E-state index in [1.807, 2.05) is 24.3 Å². The molecular weight excluding hydrogens is 343 g/mol. The Balaban J connectivity index is 1.42. The van der Waals surface area contributed by atoms with E-state index in [2.05, 4.69) is 24.3 Å². The minimum absolute atomic E-state index is 0.113. The third-order valence-electron chi connectivity index (χ3n) is 5.03. The van der Waals surface area contributed by atoms with E-state index in [1.165, 1.54) is 22.3 Å². The van der Waals surface area contributed by atoms with Crippen molar-refractivity contribution in [1.82, 2.24) is 0 Å². The molecule has 0 N–H and O–H groups in total. The zero-order valence-electron chi connectivity index (χ0n) is 13.2. The third-order valence-corrected chi connectivity index (χ3v) is 5.95. The lowest BCUT2D eigenvalue weighted by atomic mass is 9.98. The van der Waals surface area contributed by atoms with Gasteiger partial charge in [-0.2, -0.15) is 0 Å². The number of benzene rings is 2. The van der Waals surface area contributed by atoms with Crippen LogP contribution in [0.25, 0.3) is 11.1 Å². The minimum Gasteiger partial charge on any atom is -0.465 e. The summed E-state index contributed by atoms with van der Waals surface area (Å²) in [5, 5.41) is 0. The van der Waals surface area contributed by atoms with E-state index >= 15 is 0 Å². The van der Waals surface area contributed by atoms with E-state index in [9.17, 15) is 4.79 Å². The Morgan fingerprint density at radius 1 is 1.04 bits per heavy atom. The van der Waals surface area contributed by atoms with E-state index in [1.54, 1.807) is 0 Å². The molecule has 0 aliphatic heterocycles. The van der Waals surface area contributed by atoms with Gasteiger partial charge in [-0.15, -0.1) is 23.2 Å². The number of carbonyl (C=O) groups excluding carboxylic acids is 1. The topological polar surface area (TPSA) is 26.3 Å². The van der Waals surface area contributed by atoms with Gasteiger partial charge < -0.3 is 4.74 Å².